The molecule has 1 unspecified atom stereocenters. The maximum atomic E-state index is 12.6. The van der Waals surface area contributed by atoms with Gasteiger partial charge in [-0.25, -0.2) is 0 Å². The van der Waals surface area contributed by atoms with Gasteiger partial charge in [-0.3, -0.25) is 9.69 Å². The van der Waals surface area contributed by atoms with E-state index in [1.165, 1.54) is 18.7 Å². The van der Waals surface area contributed by atoms with Crippen molar-refractivity contribution >= 4 is 23.4 Å². The fourth-order valence-electron chi connectivity index (χ4n) is 3.17. The minimum absolute atomic E-state index is 0.127. The molecule has 0 aliphatic carbocycles. The number of benzene rings is 1. The Hall–Kier alpha value is -2.87. The molecule has 2 aromatic heterocycles. The summed E-state index contributed by atoms with van der Waals surface area (Å²) in [5.74, 6) is 1.08. The maximum Gasteiger partial charge on any atom is 0.247 e. The summed E-state index contributed by atoms with van der Waals surface area (Å²) >= 11 is 1.49. The predicted octanol–water partition coefficient (Wildman–Crippen LogP) is 3.43. The molecule has 138 valence electrons. The third-order valence-corrected chi connectivity index (χ3v) is 5.08. The number of rotatable bonds is 3. The molecule has 1 aromatic carbocycles. The van der Waals surface area contributed by atoms with E-state index in [0.717, 1.165) is 22.7 Å². The van der Waals surface area contributed by atoms with Crippen molar-refractivity contribution in [1.29, 1.82) is 0 Å². The number of aryl methyl sites for hydroxylation is 1. The van der Waals surface area contributed by atoms with E-state index in [2.05, 4.69) is 15.2 Å². The van der Waals surface area contributed by atoms with E-state index in [0.29, 0.717) is 16.7 Å². The van der Waals surface area contributed by atoms with Gasteiger partial charge < -0.3 is 9.30 Å². The summed E-state index contributed by atoms with van der Waals surface area (Å²) in [4.78, 5) is 18.8. The monoisotopic (exact) mass is 381 g/mol. The Kier molecular flexibility index (Phi) is 4.57. The Morgan fingerprint density at radius 1 is 1.22 bits per heavy atom. The highest BCUT2D eigenvalue weighted by molar-refractivity contribution is 7.99. The second-order valence-electron chi connectivity index (χ2n) is 6.10. The van der Waals surface area contributed by atoms with E-state index >= 15 is 0 Å². The summed E-state index contributed by atoms with van der Waals surface area (Å²) in [6.45, 7) is 3.56. The maximum absolute atomic E-state index is 12.6. The molecule has 7 nitrogen and oxygen atoms in total. The molecule has 0 radical (unpaired) electrons. The summed E-state index contributed by atoms with van der Waals surface area (Å²) in [6.07, 6.45) is 1.27. The molecule has 0 spiro atoms. The minimum atomic E-state index is -0.652. The predicted molar refractivity (Wildman–Crippen MR) is 104 cm³/mol. The van der Waals surface area contributed by atoms with Crippen molar-refractivity contribution in [3.05, 3.63) is 48.3 Å². The largest absolute Gasteiger partial charge is 0.445 e. The van der Waals surface area contributed by atoms with Crippen LogP contribution in [0.1, 0.15) is 25.8 Å². The normalized spacial score (nSPS) is 15.5. The van der Waals surface area contributed by atoms with Crippen LogP contribution in [0.25, 0.3) is 11.3 Å². The number of hydrogen-bond acceptors (Lipinski definition) is 6. The van der Waals surface area contributed by atoms with Crippen molar-refractivity contribution in [2.24, 2.45) is 7.05 Å². The van der Waals surface area contributed by atoms with Gasteiger partial charge in [0.1, 0.15) is 0 Å². The molecule has 0 saturated heterocycles. The van der Waals surface area contributed by atoms with Crippen LogP contribution in [0.2, 0.25) is 0 Å². The van der Waals surface area contributed by atoms with E-state index in [9.17, 15) is 4.79 Å². The number of carbonyl (C=O) groups is 1. The molecular formula is C19H19N5O2S. The Bertz CT molecular complexity index is 1000. The number of amides is 1. The second-order valence-corrected chi connectivity index (χ2v) is 7.33. The lowest BCUT2D eigenvalue weighted by atomic mass is 10.1. The number of hydrogen-bond donors (Lipinski definition) is 0. The first kappa shape index (κ1) is 17.5. The van der Waals surface area contributed by atoms with Gasteiger partial charge in [0.15, 0.2) is 5.69 Å². The van der Waals surface area contributed by atoms with E-state index in [1.807, 2.05) is 61.1 Å². The van der Waals surface area contributed by atoms with Crippen molar-refractivity contribution in [2.75, 3.05) is 10.7 Å². The van der Waals surface area contributed by atoms with Crippen LogP contribution in [-0.4, -0.2) is 31.4 Å². The van der Waals surface area contributed by atoms with Gasteiger partial charge in [0, 0.05) is 25.7 Å². The average Bonchev–Trinajstić information content (AvgIpc) is 3.01. The molecule has 4 rings (SSSR count). The quantitative estimate of drug-likeness (QED) is 0.647. The van der Waals surface area contributed by atoms with E-state index in [1.54, 1.807) is 4.90 Å². The van der Waals surface area contributed by atoms with Gasteiger partial charge in [-0.1, -0.05) is 36.9 Å². The fourth-order valence-corrected chi connectivity index (χ4v) is 3.67. The van der Waals surface area contributed by atoms with Crippen LogP contribution in [0.4, 0.5) is 5.69 Å². The molecule has 27 heavy (non-hydrogen) atoms. The minimum Gasteiger partial charge on any atom is -0.445 e. The van der Waals surface area contributed by atoms with E-state index in [4.69, 9.17) is 4.74 Å². The number of para-hydroxylation sites is 1. The molecule has 1 amide bonds. The average molecular weight is 381 g/mol. The second kappa shape index (κ2) is 7.03. The Morgan fingerprint density at radius 3 is 2.74 bits per heavy atom. The van der Waals surface area contributed by atoms with Crippen LogP contribution in [0.15, 0.2) is 47.8 Å². The zero-order chi connectivity index (χ0) is 19.0. The van der Waals surface area contributed by atoms with Gasteiger partial charge in [0.2, 0.25) is 23.2 Å². The molecule has 1 aliphatic heterocycles. The Labute approximate surface area is 161 Å². The first-order valence-electron chi connectivity index (χ1n) is 8.64. The lowest BCUT2D eigenvalue weighted by Crippen LogP contribution is -2.37. The molecule has 0 saturated carbocycles. The van der Waals surface area contributed by atoms with Crippen LogP contribution >= 0.6 is 11.8 Å². The number of carbonyl (C=O) groups excluding carboxylic acids is 1. The standard InChI is InChI=1S/C19H19N5O2S/c1-4-27-19-20-17-16(21-22-19)13-8-5-6-9-14(13)24(12(2)25)18(26-17)15-10-7-11-23(15)3/h5-11,18H,4H2,1-3H3. The summed E-state index contributed by atoms with van der Waals surface area (Å²) in [6, 6.07) is 11.4. The molecule has 1 atom stereocenters. The van der Waals surface area contributed by atoms with Crippen LogP contribution in [0.3, 0.4) is 0 Å². The van der Waals surface area contributed by atoms with Crippen molar-refractivity contribution in [1.82, 2.24) is 19.7 Å². The fraction of sp³-hybridized carbons (Fsp3) is 0.263. The number of fused-ring (bicyclic) bond motifs is 3. The molecule has 0 fully saturated rings. The lowest BCUT2D eigenvalue weighted by molar-refractivity contribution is -0.118. The molecule has 3 aromatic rings. The number of anilines is 1. The smallest absolute Gasteiger partial charge is 0.247 e. The van der Waals surface area contributed by atoms with Gasteiger partial charge in [0.25, 0.3) is 0 Å². The highest BCUT2D eigenvalue weighted by atomic mass is 32.2. The van der Waals surface area contributed by atoms with Crippen LogP contribution in [0.5, 0.6) is 5.88 Å². The molecule has 3 heterocycles. The van der Waals surface area contributed by atoms with Crippen LogP contribution in [0, 0.1) is 0 Å². The summed E-state index contributed by atoms with van der Waals surface area (Å²) < 4.78 is 8.22. The highest BCUT2D eigenvalue weighted by Crippen LogP contribution is 2.43. The Balaban J connectivity index is 1.96. The number of aromatic nitrogens is 4. The number of ether oxygens (including phenoxy) is 1. The highest BCUT2D eigenvalue weighted by Gasteiger charge is 2.35. The van der Waals surface area contributed by atoms with Gasteiger partial charge >= 0.3 is 0 Å². The number of thioether (sulfide) groups is 1. The van der Waals surface area contributed by atoms with Crippen molar-refractivity contribution < 1.29 is 9.53 Å². The zero-order valence-corrected chi connectivity index (χ0v) is 16.1. The van der Waals surface area contributed by atoms with Gasteiger partial charge in [0.05, 0.1) is 11.4 Å². The van der Waals surface area contributed by atoms with Crippen molar-refractivity contribution in [2.45, 2.75) is 25.2 Å². The number of nitrogens with zero attached hydrogens (tertiary/aromatic N) is 5. The molecule has 8 heteroatoms. The molecule has 1 aliphatic rings. The summed E-state index contributed by atoms with van der Waals surface area (Å²) in [5.41, 5.74) is 2.87. The molecule has 0 bridgehead atoms. The summed E-state index contributed by atoms with van der Waals surface area (Å²) in [7, 11) is 1.92. The van der Waals surface area contributed by atoms with Crippen LogP contribution in [-0.2, 0) is 11.8 Å². The summed E-state index contributed by atoms with van der Waals surface area (Å²) in [5, 5.41) is 9.13. The SMILES string of the molecule is CCSc1nnc2c(n1)OC(c1cccn1C)N(C(C)=O)c1ccccc1-2. The topological polar surface area (TPSA) is 73.1 Å². The van der Waals surface area contributed by atoms with Gasteiger partial charge in [-0.15, -0.1) is 10.2 Å². The van der Waals surface area contributed by atoms with Gasteiger partial charge in [-0.2, -0.15) is 4.98 Å². The van der Waals surface area contributed by atoms with Crippen molar-refractivity contribution in [3.8, 4) is 17.1 Å². The first-order valence-corrected chi connectivity index (χ1v) is 9.63. The van der Waals surface area contributed by atoms with Crippen molar-refractivity contribution in [3.63, 3.8) is 0 Å². The first-order chi connectivity index (χ1) is 13.1. The molecule has 0 N–H and O–H groups in total. The van der Waals surface area contributed by atoms with Crippen LogP contribution < -0.4 is 9.64 Å². The zero-order valence-electron chi connectivity index (χ0n) is 15.3. The third kappa shape index (κ3) is 3.06. The lowest BCUT2D eigenvalue weighted by Gasteiger charge is -2.29. The molecular weight excluding hydrogens is 362 g/mol. The van der Waals surface area contributed by atoms with Gasteiger partial charge in [-0.05, 0) is 24.0 Å². The Morgan fingerprint density at radius 2 is 2.04 bits per heavy atom. The third-order valence-electron chi connectivity index (χ3n) is 4.36. The van der Waals surface area contributed by atoms with E-state index < -0.39 is 6.23 Å². The van der Waals surface area contributed by atoms with E-state index in [-0.39, 0.29) is 5.91 Å².